The van der Waals surface area contributed by atoms with E-state index in [0.29, 0.717) is 66.4 Å². The first-order valence-electron chi connectivity index (χ1n) is 15.2. The summed E-state index contributed by atoms with van der Waals surface area (Å²) in [6, 6.07) is 12.8. The number of hydrogen-bond acceptors (Lipinski definition) is 6. The van der Waals surface area contributed by atoms with E-state index in [9.17, 15) is 14.9 Å². The summed E-state index contributed by atoms with van der Waals surface area (Å²) in [5.74, 6) is 0.427. The number of hydrogen-bond donors (Lipinski definition) is 1. The van der Waals surface area contributed by atoms with Crippen LogP contribution in [-0.2, 0) is 9.53 Å². The van der Waals surface area contributed by atoms with E-state index in [4.69, 9.17) is 27.9 Å². The molecule has 2 amide bonds. The maximum Gasteiger partial charge on any atom is 0.410 e. The zero-order chi connectivity index (χ0) is 31.3. The summed E-state index contributed by atoms with van der Waals surface area (Å²) >= 11 is 12.5. The molecule has 0 aromatic heterocycles. The van der Waals surface area contributed by atoms with E-state index in [1.165, 1.54) is 0 Å². The van der Waals surface area contributed by atoms with Crippen LogP contribution in [-0.4, -0.2) is 66.2 Å². The lowest BCUT2D eigenvalue weighted by Crippen LogP contribution is -2.58. The number of nitriles is 1. The lowest BCUT2D eigenvalue weighted by Gasteiger charge is -2.43. The Morgan fingerprint density at radius 3 is 2.44 bits per heavy atom. The van der Waals surface area contributed by atoms with Crippen LogP contribution >= 0.6 is 23.2 Å². The molecule has 2 aliphatic rings. The highest BCUT2D eigenvalue weighted by Crippen LogP contribution is 2.33. The lowest BCUT2D eigenvalue weighted by molar-refractivity contribution is -0.139. The molecule has 4 rings (SSSR count). The van der Waals surface area contributed by atoms with Crippen molar-refractivity contribution < 1.29 is 14.3 Å². The summed E-state index contributed by atoms with van der Waals surface area (Å²) in [6.07, 6.45) is 3.27. The molecule has 2 aromatic rings. The number of carbonyl (C=O) groups excluding carboxylic acids is 2. The van der Waals surface area contributed by atoms with Gasteiger partial charge in [-0.25, -0.2) is 4.79 Å². The van der Waals surface area contributed by atoms with Gasteiger partial charge < -0.3 is 19.9 Å². The number of amides is 2. The van der Waals surface area contributed by atoms with Gasteiger partial charge in [0.15, 0.2) is 0 Å². The quantitative estimate of drug-likeness (QED) is 0.342. The highest BCUT2D eigenvalue weighted by molar-refractivity contribution is 6.35. The zero-order valence-corrected chi connectivity index (χ0v) is 27.3. The van der Waals surface area contributed by atoms with Crippen molar-refractivity contribution in [1.29, 1.82) is 5.26 Å². The molecule has 0 bridgehead atoms. The highest BCUT2D eigenvalue weighted by Gasteiger charge is 2.40. The second-order valence-corrected chi connectivity index (χ2v) is 13.4. The van der Waals surface area contributed by atoms with Crippen LogP contribution in [0.1, 0.15) is 77.5 Å². The summed E-state index contributed by atoms with van der Waals surface area (Å²) in [5, 5.41) is 14.3. The van der Waals surface area contributed by atoms with Gasteiger partial charge in [0, 0.05) is 48.5 Å². The number of nitrogens with zero attached hydrogens (tertiary/aromatic N) is 4. The van der Waals surface area contributed by atoms with Crippen molar-refractivity contribution in [3.05, 3.63) is 57.6 Å². The number of piperazine rings is 1. The number of likely N-dealkylation sites (tertiary alicyclic amines) is 1. The third-order valence-corrected chi connectivity index (χ3v) is 8.76. The minimum absolute atomic E-state index is 0.00200. The number of carbonyl (C=O) groups is 2. The van der Waals surface area contributed by atoms with Crippen LogP contribution in [0, 0.1) is 17.2 Å². The monoisotopic (exact) mass is 627 g/mol. The molecule has 43 heavy (non-hydrogen) atoms. The first-order valence-corrected chi connectivity index (χ1v) is 15.9. The van der Waals surface area contributed by atoms with Crippen LogP contribution in [0.15, 0.2) is 36.4 Å². The summed E-state index contributed by atoms with van der Waals surface area (Å²) in [7, 11) is 0. The van der Waals surface area contributed by atoms with Crippen LogP contribution in [0.5, 0.6) is 0 Å². The molecule has 10 heteroatoms. The smallest absolute Gasteiger partial charge is 0.410 e. The molecule has 8 nitrogen and oxygen atoms in total. The van der Waals surface area contributed by atoms with Crippen LogP contribution in [0.4, 0.5) is 16.2 Å². The van der Waals surface area contributed by atoms with Crippen molar-refractivity contribution in [2.24, 2.45) is 5.92 Å². The Kier molecular flexibility index (Phi) is 10.7. The van der Waals surface area contributed by atoms with Crippen molar-refractivity contribution in [2.45, 2.75) is 78.0 Å². The molecule has 0 radical (unpaired) electrons. The molecule has 1 N–H and O–H groups in total. The van der Waals surface area contributed by atoms with E-state index in [1.807, 2.05) is 56.9 Å². The van der Waals surface area contributed by atoms with Crippen molar-refractivity contribution in [3.63, 3.8) is 0 Å². The van der Waals surface area contributed by atoms with Gasteiger partial charge in [0.05, 0.1) is 17.3 Å². The van der Waals surface area contributed by atoms with Gasteiger partial charge in [-0.3, -0.25) is 9.69 Å². The number of nitrogens with one attached hydrogen (secondary N) is 1. The van der Waals surface area contributed by atoms with Crippen molar-refractivity contribution in [1.82, 2.24) is 9.80 Å². The first-order chi connectivity index (χ1) is 20.4. The van der Waals surface area contributed by atoms with Gasteiger partial charge in [-0.15, -0.1) is 0 Å². The molecule has 2 aliphatic heterocycles. The SMILES string of the molecule is CCCC1CCN(C(=O)OC(C)(C)C)[C@@H](C(=O)N2CCN(c3ccc(C#N)c(NC(C)c4ccc(Cl)cc4Cl)c3)CC2)C1. The maximum absolute atomic E-state index is 13.9. The van der Waals surface area contributed by atoms with Crippen LogP contribution < -0.4 is 10.2 Å². The Labute approximate surface area is 265 Å². The standard InChI is InChI=1S/C33H43Cl2N5O3/c1-6-7-23-12-13-40(32(42)43-33(3,4)5)30(18-23)31(41)39-16-14-38(15-17-39)26-10-8-24(21-36)29(20-26)37-22(2)27-11-9-25(34)19-28(27)35/h8-11,19-20,22-23,30,37H,6-7,12-18H2,1-5H3/t22?,23?,30-/m1/s1. The number of anilines is 2. The minimum Gasteiger partial charge on any atom is -0.444 e. The van der Waals surface area contributed by atoms with Crippen molar-refractivity contribution in [3.8, 4) is 6.07 Å². The fourth-order valence-electron chi connectivity index (χ4n) is 5.99. The third-order valence-electron chi connectivity index (χ3n) is 8.20. The fraction of sp³-hybridized carbons (Fsp3) is 0.545. The van der Waals surface area contributed by atoms with Crippen LogP contribution in [0.25, 0.3) is 0 Å². The van der Waals surface area contributed by atoms with E-state index in [0.717, 1.165) is 30.5 Å². The van der Waals surface area contributed by atoms with E-state index >= 15 is 0 Å². The number of ether oxygens (including phenoxy) is 1. The van der Waals surface area contributed by atoms with E-state index < -0.39 is 17.7 Å². The van der Waals surface area contributed by atoms with E-state index in [1.54, 1.807) is 17.0 Å². The summed E-state index contributed by atoms with van der Waals surface area (Å²) in [6.45, 7) is 12.6. The Hall–Kier alpha value is -3.15. The van der Waals surface area contributed by atoms with Crippen LogP contribution in [0.3, 0.4) is 0 Å². The molecule has 232 valence electrons. The van der Waals surface area contributed by atoms with Gasteiger partial charge in [-0.2, -0.15) is 5.26 Å². The molecule has 0 spiro atoms. The number of halogens is 2. The highest BCUT2D eigenvalue weighted by atomic mass is 35.5. The topological polar surface area (TPSA) is 88.9 Å². The number of rotatable bonds is 7. The van der Waals surface area contributed by atoms with E-state index in [2.05, 4.69) is 23.2 Å². The van der Waals surface area contributed by atoms with Crippen molar-refractivity contribution >= 4 is 46.6 Å². The lowest BCUT2D eigenvalue weighted by atomic mass is 9.87. The molecular formula is C33H43Cl2N5O3. The summed E-state index contributed by atoms with van der Waals surface area (Å²) in [5.41, 5.74) is 2.49. The normalized spacial score (nSPS) is 19.9. The van der Waals surface area contributed by atoms with Gasteiger partial charge in [-0.05, 0) is 82.3 Å². The Morgan fingerprint density at radius 2 is 1.81 bits per heavy atom. The average molecular weight is 629 g/mol. The largest absolute Gasteiger partial charge is 0.444 e. The van der Waals surface area contributed by atoms with Gasteiger partial charge in [0.2, 0.25) is 5.91 Å². The molecule has 2 heterocycles. The molecule has 2 saturated heterocycles. The number of benzene rings is 2. The molecule has 2 fully saturated rings. The predicted molar refractivity (Wildman–Crippen MR) is 173 cm³/mol. The predicted octanol–water partition coefficient (Wildman–Crippen LogP) is 7.50. The van der Waals surface area contributed by atoms with E-state index in [-0.39, 0.29) is 11.9 Å². The summed E-state index contributed by atoms with van der Waals surface area (Å²) in [4.78, 5) is 32.7. The molecular weight excluding hydrogens is 585 g/mol. The molecule has 0 aliphatic carbocycles. The Balaban J connectivity index is 1.44. The average Bonchev–Trinajstić information content (AvgIpc) is 2.96. The third kappa shape index (κ3) is 8.27. The van der Waals surface area contributed by atoms with Gasteiger partial charge in [-0.1, -0.05) is 49.0 Å². The summed E-state index contributed by atoms with van der Waals surface area (Å²) < 4.78 is 5.68. The second kappa shape index (κ2) is 14.1. The molecule has 2 unspecified atom stereocenters. The Morgan fingerprint density at radius 1 is 1.09 bits per heavy atom. The number of piperidine rings is 1. The van der Waals surface area contributed by atoms with Crippen molar-refractivity contribution in [2.75, 3.05) is 42.9 Å². The molecule has 2 aromatic carbocycles. The minimum atomic E-state index is -0.621. The molecule has 0 saturated carbocycles. The first kappa shape index (κ1) is 32.8. The molecule has 3 atom stereocenters. The second-order valence-electron chi connectivity index (χ2n) is 12.6. The van der Waals surface area contributed by atoms with Gasteiger partial charge >= 0.3 is 6.09 Å². The van der Waals surface area contributed by atoms with Crippen LogP contribution in [0.2, 0.25) is 10.0 Å². The maximum atomic E-state index is 13.9. The fourth-order valence-corrected chi connectivity index (χ4v) is 6.56. The van der Waals surface area contributed by atoms with Gasteiger partial charge in [0.1, 0.15) is 17.7 Å². The zero-order valence-electron chi connectivity index (χ0n) is 25.8. The Bertz CT molecular complexity index is 1350. The van der Waals surface area contributed by atoms with Gasteiger partial charge in [0.25, 0.3) is 0 Å².